The molecule has 1 aromatic rings. The highest BCUT2D eigenvalue weighted by atomic mass is 79.9. The average Bonchev–Trinajstić information content (AvgIpc) is 2.35. The van der Waals surface area contributed by atoms with Gasteiger partial charge in [0, 0.05) is 20.9 Å². The Morgan fingerprint density at radius 3 is 2.43 bits per heavy atom. The van der Waals surface area contributed by atoms with E-state index >= 15 is 0 Å². The van der Waals surface area contributed by atoms with Crippen molar-refractivity contribution in [2.24, 2.45) is 0 Å². The summed E-state index contributed by atoms with van der Waals surface area (Å²) in [4.78, 5) is 11.8. The molecule has 2 rings (SSSR count). The molecule has 1 aliphatic carbocycles. The van der Waals surface area contributed by atoms with Gasteiger partial charge in [-0.1, -0.05) is 31.9 Å². The number of ketones is 1. The van der Waals surface area contributed by atoms with Gasteiger partial charge in [-0.25, -0.2) is 0 Å². The number of halogens is 2. The molecule has 0 saturated carbocycles. The molecule has 0 atom stereocenters. The normalized spacial score (nSPS) is 16.3. The van der Waals surface area contributed by atoms with E-state index in [0.717, 1.165) is 33.8 Å². The maximum Gasteiger partial charge on any atom is 0.164 e. The first-order chi connectivity index (χ1) is 6.70. The lowest BCUT2D eigenvalue weighted by atomic mass is 10.0. The Morgan fingerprint density at radius 2 is 1.64 bits per heavy atom. The second kappa shape index (κ2) is 4.15. The lowest BCUT2D eigenvalue weighted by Gasteiger charge is -2.08. The molecule has 0 amide bonds. The van der Waals surface area contributed by atoms with E-state index in [1.165, 1.54) is 5.56 Å². The largest absolute Gasteiger partial charge is 0.294 e. The molecule has 0 spiro atoms. The second-order valence-corrected chi connectivity index (χ2v) is 5.22. The Labute approximate surface area is 100 Å². The fourth-order valence-electron chi connectivity index (χ4n) is 1.85. The molecule has 0 unspecified atom stereocenters. The summed E-state index contributed by atoms with van der Waals surface area (Å²) in [5, 5.41) is 0. The van der Waals surface area contributed by atoms with Crippen LogP contribution in [0.1, 0.15) is 35.2 Å². The molecule has 74 valence electrons. The lowest BCUT2D eigenvalue weighted by molar-refractivity contribution is 0.0981. The van der Waals surface area contributed by atoms with Gasteiger partial charge in [-0.3, -0.25) is 4.79 Å². The number of fused-ring (bicyclic) bond motifs is 1. The Morgan fingerprint density at radius 1 is 1.00 bits per heavy atom. The number of Topliss-reactive ketones (excluding diaryl/α,β-unsaturated/α-hetero) is 1. The van der Waals surface area contributed by atoms with E-state index in [-0.39, 0.29) is 5.78 Å². The predicted molar refractivity (Wildman–Crippen MR) is 63.7 cm³/mol. The molecule has 1 aromatic carbocycles. The van der Waals surface area contributed by atoms with Crippen LogP contribution in [-0.4, -0.2) is 5.78 Å². The Hall–Kier alpha value is -0.150. The van der Waals surface area contributed by atoms with Crippen LogP contribution in [0.15, 0.2) is 21.1 Å². The van der Waals surface area contributed by atoms with Crippen LogP contribution in [0.5, 0.6) is 0 Å². The first-order valence-corrected chi connectivity index (χ1v) is 6.29. The van der Waals surface area contributed by atoms with E-state index in [1.807, 2.05) is 12.1 Å². The first kappa shape index (κ1) is 10.4. The number of carbonyl (C=O) groups is 1. The van der Waals surface area contributed by atoms with Crippen molar-refractivity contribution in [3.05, 3.63) is 32.2 Å². The van der Waals surface area contributed by atoms with Crippen LogP contribution >= 0.6 is 31.9 Å². The molecule has 14 heavy (non-hydrogen) atoms. The molecular weight excluding hydrogens is 308 g/mol. The van der Waals surface area contributed by atoms with E-state index < -0.39 is 0 Å². The van der Waals surface area contributed by atoms with Crippen molar-refractivity contribution in [2.45, 2.75) is 25.7 Å². The standard InChI is InChI=1S/C11H10Br2O/c12-8-5-6-9(13)11-7(8)3-1-2-4-10(11)14/h5-6H,1-4H2. The summed E-state index contributed by atoms with van der Waals surface area (Å²) in [5.74, 6) is 0.269. The molecule has 0 radical (unpaired) electrons. The fourth-order valence-corrected chi connectivity index (χ4v) is 2.97. The summed E-state index contributed by atoms with van der Waals surface area (Å²) in [5.41, 5.74) is 2.05. The van der Waals surface area contributed by atoms with Crippen molar-refractivity contribution in [1.82, 2.24) is 0 Å². The maximum absolute atomic E-state index is 11.8. The number of hydrogen-bond acceptors (Lipinski definition) is 1. The molecular formula is C11H10Br2O. The molecule has 0 N–H and O–H groups in total. The quantitative estimate of drug-likeness (QED) is 0.658. The molecule has 1 aliphatic rings. The van der Waals surface area contributed by atoms with Crippen LogP contribution in [0.3, 0.4) is 0 Å². The van der Waals surface area contributed by atoms with Crippen molar-refractivity contribution in [2.75, 3.05) is 0 Å². The van der Waals surface area contributed by atoms with Gasteiger partial charge in [0.1, 0.15) is 0 Å². The van der Waals surface area contributed by atoms with Gasteiger partial charge in [-0.2, -0.15) is 0 Å². The topological polar surface area (TPSA) is 17.1 Å². The molecule has 0 saturated heterocycles. The van der Waals surface area contributed by atoms with Crippen LogP contribution < -0.4 is 0 Å². The van der Waals surface area contributed by atoms with Crippen molar-refractivity contribution in [3.63, 3.8) is 0 Å². The third kappa shape index (κ3) is 1.80. The third-order valence-electron chi connectivity index (χ3n) is 2.56. The molecule has 1 nitrogen and oxygen atoms in total. The minimum Gasteiger partial charge on any atom is -0.294 e. The van der Waals surface area contributed by atoms with Gasteiger partial charge in [-0.15, -0.1) is 0 Å². The van der Waals surface area contributed by atoms with Gasteiger partial charge in [0.05, 0.1) is 0 Å². The third-order valence-corrected chi connectivity index (χ3v) is 3.97. The van der Waals surface area contributed by atoms with E-state index in [4.69, 9.17) is 0 Å². The molecule has 0 aliphatic heterocycles. The number of benzene rings is 1. The summed E-state index contributed by atoms with van der Waals surface area (Å²) in [6, 6.07) is 3.94. The summed E-state index contributed by atoms with van der Waals surface area (Å²) in [7, 11) is 0. The zero-order valence-electron chi connectivity index (χ0n) is 7.65. The Bertz CT molecular complexity index is 385. The average molecular weight is 318 g/mol. The zero-order chi connectivity index (χ0) is 10.1. The van der Waals surface area contributed by atoms with E-state index in [1.54, 1.807) is 0 Å². The molecule has 0 heterocycles. The van der Waals surface area contributed by atoms with Gasteiger partial charge >= 0.3 is 0 Å². The summed E-state index contributed by atoms with van der Waals surface area (Å²) in [6.45, 7) is 0. The number of rotatable bonds is 0. The van der Waals surface area contributed by atoms with Crippen molar-refractivity contribution in [3.8, 4) is 0 Å². The van der Waals surface area contributed by atoms with E-state index in [9.17, 15) is 4.79 Å². The van der Waals surface area contributed by atoms with E-state index in [0.29, 0.717) is 6.42 Å². The Balaban J connectivity index is 2.62. The van der Waals surface area contributed by atoms with Crippen LogP contribution in [0.4, 0.5) is 0 Å². The monoisotopic (exact) mass is 316 g/mol. The van der Waals surface area contributed by atoms with Crippen LogP contribution in [0, 0.1) is 0 Å². The van der Waals surface area contributed by atoms with Gasteiger partial charge < -0.3 is 0 Å². The molecule has 0 fully saturated rings. The minimum absolute atomic E-state index is 0.269. The first-order valence-electron chi connectivity index (χ1n) is 4.70. The number of carbonyl (C=O) groups excluding carboxylic acids is 1. The van der Waals surface area contributed by atoms with Crippen LogP contribution in [0.25, 0.3) is 0 Å². The summed E-state index contributed by atoms with van der Waals surface area (Å²) >= 11 is 6.95. The zero-order valence-corrected chi connectivity index (χ0v) is 10.8. The smallest absolute Gasteiger partial charge is 0.164 e. The summed E-state index contributed by atoms with van der Waals surface area (Å²) in [6.07, 6.45) is 3.79. The second-order valence-electron chi connectivity index (χ2n) is 3.51. The highest BCUT2D eigenvalue weighted by molar-refractivity contribution is 9.11. The highest BCUT2D eigenvalue weighted by Gasteiger charge is 2.19. The molecule has 0 aromatic heterocycles. The SMILES string of the molecule is O=C1CCCCc2c(Br)ccc(Br)c21. The lowest BCUT2D eigenvalue weighted by Crippen LogP contribution is -2.02. The van der Waals surface area contributed by atoms with Crippen LogP contribution in [0.2, 0.25) is 0 Å². The fraction of sp³-hybridized carbons (Fsp3) is 0.364. The molecule has 0 bridgehead atoms. The maximum atomic E-state index is 11.8. The van der Waals surface area contributed by atoms with Crippen molar-refractivity contribution < 1.29 is 4.79 Å². The molecule has 3 heteroatoms. The Kier molecular flexibility index (Phi) is 3.07. The highest BCUT2D eigenvalue weighted by Crippen LogP contribution is 2.32. The van der Waals surface area contributed by atoms with Gasteiger partial charge in [0.15, 0.2) is 5.78 Å². The predicted octanol–water partition coefficient (Wildman–Crippen LogP) is 4.12. The van der Waals surface area contributed by atoms with Crippen LogP contribution in [-0.2, 0) is 6.42 Å². The minimum atomic E-state index is 0.269. The summed E-state index contributed by atoms with van der Waals surface area (Å²) < 4.78 is 1.99. The van der Waals surface area contributed by atoms with Gasteiger partial charge in [0.2, 0.25) is 0 Å². The van der Waals surface area contributed by atoms with E-state index in [2.05, 4.69) is 31.9 Å². The van der Waals surface area contributed by atoms with Crippen molar-refractivity contribution in [1.29, 1.82) is 0 Å². The van der Waals surface area contributed by atoms with Crippen molar-refractivity contribution >= 4 is 37.6 Å². The van der Waals surface area contributed by atoms with Gasteiger partial charge in [-0.05, 0) is 37.0 Å². The number of hydrogen-bond donors (Lipinski definition) is 0. The van der Waals surface area contributed by atoms with Gasteiger partial charge in [0.25, 0.3) is 0 Å².